The summed E-state index contributed by atoms with van der Waals surface area (Å²) >= 11 is 0. The highest BCUT2D eigenvalue weighted by Gasteiger charge is 2.17. The van der Waals surface area contributed by atoms with Gasteiger partial charge in [0, 0.05) is 11.1 Å². The quantitative estimate of drug-likeness (QED) is 0.449. The van der Waals surface area contributed by atoms with E-state index in [1.165, 1.54) is 0 Å². The number of phenolic OH excluding ortho intramolecular Hbond substituents is 1. The lowest BCUT2D eigenvalue weighted by atomic mass is 9.92. The van der Waals surface area contributed by atoms with Gasteiger partial charge in [0.05, 0.1) is 0 Å². The second kappa shape index (κ2) is 7.54. The third kappa shape index (κ3) is 3.02. The molecule has 0 aliphatic carbocycles. The van der Waals surface area contributed by atoms with E-state index in [4.69, 9.17) is 4.74 Å². The first-order valence-electron chi connectivity index (χ1n) is 8.26. The number of ether oxygens (including phenoxy) is 1. The first-order valence-corrected chi connectivity index (χ1v) is 8.26. The van der Waals surface area contributed by atoms with Crippen LogP contribution >= 0.6 is 13.5 Å². The van der Waals surface area contributed by atoms with Crippen LogP contribution in [0, 0.1) is 0 Å². The van der Waals surface area contributed by atoms with Crippen molar-refractivity contribution in [3.05, 3.63) is 85.5 Å². The van der Waals surface area contributed by atoms with Gasteiger partial charge >= 0.3 is 0 Å². The first-order chi connectivity index (χ1) is 12.3. The smallest absolute Gasteiger partial charge is 0.128 e. The number of aromatic hydroxyl groups is 1. The molecule has 0 aliphatic heterocycles. The maximum absolute atomic E-state index is 10.7. The summed E-state index contributed by atoms with van der Waals surface area (Å²) in [6.07, 6.45) is 1.72. The molecule has 0 fully saturated rings. The van der Waals surface area contributed by atoms with Crippen LogP contribution in [0.1, 0.15) is 0 Å². The van der Waals surface area contributed by atoms with Gasteiger partial charge < -0.3 is 9.84 Å². The Morgan fingerprint density at radius 3 is 2.00 bits per heavy atom. The van der Waals surface area contributed by atoms with Gasteiger partial charge in [0.2, 0.25) is 0 Å². The highest BCUT2D eigenvalue weighted by molar-refractivity contribution is 7.59. The topological polar surface area (TPSA) is 29.5 Å². The highest BCUT2D eigenvalue weighted by Crippen LogP contribution is 2.44. The molecule has 0 spiro atoms. The highest BCUT2D eigenvalue weighted by atomic mass is 32.1. The summed E-state index contributed by atoms with van der Waals surface area (Å²) in [6.45, 7) is 4.15. The fraction of sp³-hybridized carbons (Fsp3) is 0.0435. The monoisotopic (exact) mass is 360 g/mol. The van der Waals surface area contributed by atoms with E-state index in [2.05, 4.69) is 18.7 Å². The van der Waals surface area contributed by atoms with Crippen LogP contribution in [0.4, 0.5) is 0 Å². The summed E-state index contributed by atoms with van der Waals surface area (Å²) in [4.78, 5) is 0. The van der Waals surface area contributed by atoms with Gasteiger partial charge in [-0.15, -0.1) is 0 Å². The molecule has 130 valence electrons. The molecule has 0 atom stereocenters. The molecule has 4 aromatic carbocycles. The van der Waals surface area contributed by atoms with Crippen molar-refractivity contribution in [2.24, 2.45) is 0 Å². The minimum atomic E-state index is 0. The molecule has 26 heavy (non-hydrogen) atoms. The van der Waals surface area contributed by atoms with E-state index in [0.717, 1.165) is 38.4 Å². The SMILES string of the molecule is C=CCOc1ccc2ccccc2c1-c1c(O)ccc2ccccc12.S. The van der Waals surface area contributed by atoms with E-state index < -0.39 is 0 Å². The predicted octanol–water partition coefficient (Wildman–Crippen LogP) is 6.04. The molecular formula is C23H20O2S. The molecule has 4 rings (SSSR count). The normalized spacial score (nSPS) is 10.5. The Morgan fingerprint density at radius 1 is 0.769 bits per heavy atom. The molecule has 1 N–H and O–H groups in total. The second-order valence-electron chi connectivity index (χ2n) is 5.94. The van der Waals surface area contributed by atoms with Crippen LogP contribution in [0.3, 0.4) is 0 Å². The third-order valence-corrected chi connectivity index (χ3v) is 4.40. The van der Waals surface area contributed by atoms with Gasteiger partial charge in [-0.05, 0) is 33.7 Å². The van der Waals surface area contributed by atoms with Crippen LogP contribution in [0.2, 0.25) is 0 Å². The molecule has 0 radical (unpaired) electrons. The molecule has 4 aromatic rings. The minimum Gasteiger partial charge on any atom is -0.507 e. The predicted molar refractivity (Wildman–Crippen MR) is 115 cm³/mol. The molecule has 0 unspecified atom stereocenters. The molecule has 0 saturated heterocycles. The molecular weight excluding hydrogens is 340 g/mol. The van der Waals surface area contributed by atoms with Crippen molar-refractivity contribution in [2.75, 3.05) is 6.61 Å². The van der Waals surface area contributed by atoms with Crippen molar-refractivity contribution in [3.8, 4) is 22.6 Å². The first kappa shape index (κ1) is 17.9. The second-order valence-corrected chi connectivity index (χ2v) is 5.94. The molecule has 0 amide bonds. The summed E-state index contributed by atoms with van der Waals surface area (Å²) in [5.74, 6) is 0.990. The Hall–Kier alpha value is -2.91. The van der Waals surface area contributed by atoms with Gasteiger partial charge in [0.25, 0.3) is 0 Å². The molecule has 0 aromatic heterocycles. The number of rotatable bonds is 4. The standard InChI is InChI=1S/C23H18O2.H2S/c1-2-15-25-21-14-12-17-8-4-6-10-19(17)23(21)22-18-9-5-3-7-16(18)11-13-20(22)24;/h2-14,24H,1,15H2;1H2. The number of fused-ring (bicyclic) bond motifs is 2. The number of hydrogen-bond donors (Lipinski definition) is 1. The summed E-state index contributed by atoms with van der Waals surface area (Å²) < 4.78 is 5.92. The Labute approximate surface area is 159 Å². The van der Waals surface area contributed by atoms with Crippen LogP contribution in [-0.2, 0) is 0 Å². The van der Waals surface area contributed by atoms with Crippen molar-refractivity contribution >= 4 is 35.0 Å². The van der Waals surface area contributed by atoms with Crippen molar-refractivity contribution in [3.63, 3.8) is 0 Å². The maximum atomic E-state index is 10.7. The van der Waals surface area contributed by atoms with Crippen LogP contribution in [0.5, 0.6) is 11.5 Å². The van der Waals surface area contributed by atoms with E-state index in [-0.39, 0.29) is 19.2 Å². The average Bonchev–Trinajstić information content (AvgIpc) is 2.66. The van der Waals surface area contributed by atoms with Crippen LogP contribution in [0.15, 0.2) is 85.5 Å². The van der Waals surface area contributed by atoms with E-state index in [0.29, 0.717) is 6.61 Å². The van der Waals surface area contributed by atoms with Crippen LogP contribution in [-0.4, -0.2) is 11.7 Å². The van der Waals surface area contributed by atoms with E-state index in [9.17, 15) is 5.11 Å². The summed E-state index contributed by atoms with van der Waals surface area (Å²) in [5, 5.41) is 14.9. The fourth-order valence-electron chi connectivity index (χ4n) is 3.30. The number of benzene rings is 4. The lowest BCUT2D eigenvalue weighted by Crippen LogP contribution is -1.96. The Balaban J connectivity index is 0.00000196. The van der Waals surface area contributed by atoms with E-state index in [1.807, 2.05) is 54.6 Å². The van der Waals surface area contributed by atoms with Gasteiger partial charge in [-0.25, -0.2) is 0 Å². The zero-order valence-electron chi connectivity index (χ0n) is 14.3. The van der Waals surface area contributed by atoms with Crippen molar-refractivity contribution in [1.29, 1.82) is 0 Å². The third-order valence-electron chi connectivity index (χ3n) is 4.40. The Kier molecular flexibility index (Phi) is 5.19. The van der Waals surface area contributed by atoms with Crippen molar-refractivity contribution < 1.29 is 9.84 Å². The molecule has 0 bridgehead atoms. The molecule has 0 saturated carbocycles. The zero-order valence-corrected chi connectivity index (χ0v) is 15.3. The average molecular weight is 360 g/mol. The largest absolute Gasteiger partial charge is 0.507 e. The van der Waals surface area contributed by atoms with E-state index >= 15 is 0 Å². The van der Waals surface area contributed by atoms with Gasteiger partial charge in [-0.1, -0.05) is 73.3 Å². The van der Waals surface area contributed by atoms with Gasteiger partial charge in [-0.2, -0.15) is 13.5 Å². The zero-order chi connectivity index (χ0) is 17.2. The van der Waals surface area contributed by atoms with Gasteiger partial charge in [0.15, 0.2) is 0 Å². The molecule has 3 heteroatoms. The van der Waals surface area contributed by atoms with Crippen molar-refractivity contribution in [1.82, 2.24) is 0 Å². The lowest BCUT2D eigenvalue weighted by Gasteiger charge is -2.17. The van der Waals surface area contributed by atoms with Gasteiger partial charge in [-0.3, -0.25) is 0 Å². The molecule has 2 nitrogen and oxygen atoms in total. The summed E-state index contributed by atoms with van der Waals surface area (Å²) in [5.41, 5.74) is 1.71. The van der Waals surface area contributed by atoms with Gasteiger partial charge in [0.1, 0.15) is 18.1 Å². The van der Waals surface area contributed by atoms with E-state index in [1.54, 1.807) is 12.1 Å². The minimum absolute atomic E-state index is 0. The Bertz CT molecular complexity index is 1090. The number of phenols is 1. The van der Waals surface area contributed by atoms with Crippen LogP contribution < -0.4 is 4.74 Å². The Morgan fingerprint density at radius 2 is 1.35 bits per heavy atom. The molecule has 0 heterocycles. The van der Waals surface area contributed by atoms with Crippen molar-refractivity contribution in [2.45, 2.75) is 0 Å². The summed E-state index contributed by atoms with van der Waals surface area (Å²) in [6, 6.07) is 23.9. The fourth-order valence-corrected chi connectivity index (χ4v) is 3.30. The maximum Gasteiger partial charge on any atom is 0.128 e. The number of hydrogen-bond acceptors (Lipinski definition) is 2. The summed E-state index contributed by atoms with van der Waals surface area (Å²) in [7, 11) is 0. The molecule has 0 aliphatic rings. The van der Waals surface area contributed by atoms with Crippen LogP contribution in [0.25, 0.3) is 32.7 Å². The lowest BCUT2D eigenvalue weighted by molar-refractivity contribution is 0.365.